The molecule has 8 heteroatoms. The summed E-state index contributed by atoms with van der Waals surface area (Å²) in [5, 5.41) is 12.8. The lowest BCUT2D eigenvalue weighted by atomic mass is 10.2. The van der Waals surface area contributed by atoms with Crippen molar-refractivity contribution in [3.05, 3.63) is 59.8 Å². The third kappa shape index (κ3) is 2.97. The van der Waals surface area contributed by atoms with Gasteiger partial charge in [-0.15, -0.1) is 5.10 Å². The lowest BCUT2D eigenvalue weighted by molar-refractivity contribution is 0.405. The van der Waals surface area contributed by atoms with Gasteiger partial charge in [0.05, 0.1) is 24.6 Å². The van der Waals surface area contributed by atoms with Gasteiger partial charge in [0.2, 0.25) is 5.82 Å². The van der Waals surface area contributed by atoms with E-state index in [-0.39, 0.29) is 0 Å². The second kappa shape index (κ2) is 6.37. The third-order valence-corrected chi connectivity index (χ3v) is 3.79. The lowest BCUT2D eigenvalue weighted by Gasteiger charge is -2.02. The highest BCUT2D eigenvalue weighted by Crippen LogP contribution is 2.29. The summed E-state index contributed by atoms with van der Waals surface area (Å²) in [4.78, 5) is 4.38. The van der Waals surface area contributed by atoms with E-state index in [1.165, 1.54) is 0 Å². The van der Waals surface area contributed by atoms with Crippen LogP contribution in [0.5, 0.6) is 5.75 Å². The van der Waals surface area contributed by atoms with Gasteiger partial charge in [-0.1, -0.05) is 40.2 Å². The minimum atomic E-state index is 0.342. The SMILES string of the molecule is COc1ccccc1-c1nc(-c2cn(-c3cccc(Cl)c3)nn2)no1. The van der Waals surface area contributed by atoms with Crippen molar-refractivity contribution in [3.8, 4) is 34.4 Å². The molecule has 0 aliphatic rings. The maximum absolute atomic E-state index is 6.01. The van der Waals surface area contributed by atoms with Gasteiger partial charge in [0, 0.05) is 5.02 Å². The van der Waals surface area contributed by atoms with Crippen molar-refractivity contribution >= 4 is 11.6 Å². The summed E-state index contributed by atoms with van der Waals surface area (Å²) >= 11 is 6.01. The molecule has 0 N–H and O–H groups in total. The van der Waals surface area contributed by atoms with Crippen molar-refractivity contribution in [1.82, 2.24) is 25.1 Å². The van der Waals surface area contributed by atoms with Crippen LogP contribution in [0.2, 0.25) is 5.02 Å². The molecule has 2 heterocycles. The van der Waals surface area contributed by atoms with E-state index in [9.17, 15) is 0 Å². The predicted octanol–water partition coefficient (Wildman–Crippen LogP) is 3.65. The van der Waals surface area contributed by atoms with E-state index < -0.39 is 0 Å². The average molecular weight is 354 g/mol. The minimum Gasteiger partial charge on any atom is -0.496 e. The number of halogens is 1. The fraction of sp³-hybridized carbons (Fsp3) is 0.0588. The molecule has 7 nitrogen and oxygen atoms in total. The van der Waals surface area contributed by atoms with Crippen molar-refractivity contribution < 1.29 is 9.26 Å². The lowest BCUT2D eigenvalue weighted by Crippen LogP contribution is -1.93. The highest BCUT2D eigenvalue weighted by molar-refractivity contribution is 6.30. The van der Waals surface area contributed by atoms with Crippen LogP contribution in [0.1, 0.15) is 0 Å². The topological polar surface area (TPSA) is 78.9 Å². The largest absolute Gasteiger partial charge is 0.496 e. The second-order valence-electron chi connectivity index (χ2n) is 5.15. The summed E-state index contributed by atoms with van der Waals surface area (Å²) in [6.07, 6.45) is 1.71. The fourth-order valence-electron chi connectivity index (χ4n) is 2.37. The zero-order valence-electron chi connectivity index (χ0n) is 13.1. The molecule has 0 aliphatic carbocycles. The summed E-state index contributed by atoms with van der Waals surface area (Å²) in [7, 11) is 1.59. The molecule has 0 aliphatic heterocycles. The highest BCUT2D eigenvalue weighted by atomic mass is 35.5. The summed E-state index contributed by atoms with van der Waals surface area (Å²) in [6.45, 7) is 0. The summed E-state index contributed by atoms with van der Waals surface area (Å²) in [6, 6.07) is 14.7. The summed E-state index contributed by atoms with van der Waals surface area (Å²) in [5.74, 6) is 1.35. The Morgan fingerprint density at radius 3 is 2.84 bits per heavy atom. The number of para-hydroxylation sites is 1. The molecule has 4 aromatic rings. The maximum Gasteiger partial charge on any atom is 0.262 e. The molecule has 0 unspecified atom stereocenters. The molecule has 0 amide bonds. The normalized spacial score (nSPS) is 10.8. The number of ether oxygens (including phenoxy) is 1. The molecule has 0 spiro atoms. The van der Waals surface area contributed by atoms with Crippen LogP contribution >= 0.6 is 11.6 Å². The molecule has 2 aromatic carbocycles. The van der Waals surface area contributed by atoms with Crippen LogP contribution in [0.4, 0.5) is 0 Å². The van der Waals surface area contributed by atoms with E-state index in [1.54, 1.807) is 30.1 Å². The van der Waals surface area contributed by atoms with Gasteiger partial charge in [-0.3, -0.25) is 0 Å². The average Bonchev–Trinajstić information content (AvgIpc) is 3.31. The molecule has 0 bridgehead atoms. The molecular weight excluding hydrogens is 342 g/mol. The van der Waals surface area contributed by atoms with Gasteiger partial charge >= 0.3 is 0 Å². The Balaban J connectivity index is 1.67. The maximum atomic E-state index is 6.01. The van der Waals surface area contributed by atoms with E-state index in [1.807, 2.05) is 36.4 Å². The Bertz CT molecular complexity index is 1030. The van der Waals surface area contributed by atoms with Gasteiger partial charge in [-0.05, 0) is 30.3 Å². The van der Waals surface area contributed by atoms with E-state index in [0.717, 1.165) is 5.69 Å². The van der Waals surface area contributed by atoms with Crippen molar-refractivity contribution in [2.45, 2.75) is 0 Å². The predicted molar refractivity (Wildman–Crippen MR) is 91.6 cm³/mol. The fourth-order valence-corrected chi connectivity index (χ4v) is 2.55. The van der Waals surface area contributed by atoms with Gasteiger partial charge in [0.25, 0.3) is 5.89 Å². The number of nitrogens with zero attached hydrogens (tertiary/aromatic N) is 5. The monoisotopic (exact) mass is 353 g/mol. The summed E-state index contributed by atoms with van der Waals surface area (Å²) in [5.41, 5.74) is 2.00. The molecule has 0 atom stereocenters. The first kappa shape index (κ1) is 15.3. The molecule has 124 valence electrons. The van der Waals surface area contributed by atoms with Crippen LogP contribution in [-0.4, -0.2) is 32.2 Å². The van der Waals surface area contributed by atoms with Gasteiger partial charge < -0.3 is 9.26 Å². The zero-order chi connectivity index (χ0) is 17.2. The minimum absolute atomic E-state index is 0.342. The smallest absolute Gasteiger partial charge is 0.262 e. The van der Waals surface area contributed by atoms with Crippen LogP contribution in [0, 0.1) is 0 Å². The van der Waals surface area contributed by atoms with Crippen LogP contribution in [0.3, 0.4) is 0 Å². The number of methoxy groups -OCH3 is 1. The molecule has 2 aromatic heterocycles. The molecule has 0 saturated heterocycles. The Hall–Kier alpha value is -3.19. The highest BCUT2D eigenvalue weighted by Gasteiger charge is 2.16. The van der Waals surface area contributed by atoms with Gasteiger partial charge in [0.15, 0.2) is 5.69 Å². The van der Waals surface area contributed by atoms with E-state index in [2.05, 4.69) is 20.5 Å². The molecule has 0 fully saturated rings. The van der Waals surface area contributed by atoms with Crippen LogP contribution in [0.25, 0.3) is 28.7 Å². The van der Waals surface area contributed by atoms with Gasteiger partial charge in [-0.2, -0.15) is 4.98 Å². The van der Waals surface area contributed by atoms with Gasteiger partial charge in [-0.25, -0.2) is 4.68 Å². The first-order chi connectivity index (χ1) is 12.2. The number of rotatable bonds is 4. The quantitative estimate of drug-likeness (QED) is 0.557. The van der Waals surface area contributed by atoms with E-state index in [4.69, 9.17) is 20.9 Å². The third-order valence-electron chi connectivity index (χ3n) is 3.56. The van der Waals surface area contributed by atoms with Crippen molar-refractivity contribution in [1.29, 1.82) is 0 Å². The molecule has 25 heavy (non-hydrogen) atoms. The number of hydrogen-bond acceptors (Lipinski definition) is 6. The molecule has 0 radical (unpaired) electrons. The Labute approximate surface area is 147 Å². The first-order valence-electron chi connectivity index (χ1n) is 7.40. The Kier molecular flexibility index (Phi) is 3.91. The van der Waals surface area contributed by atoms with Crippen molar-refractivity contribution in [2.75, 3.05) is 7.11 Å². The van der Waals surface area contributed by atoms with Crippen LogP contribution in [0.15, 0.2) is 59.3 Å². The molecular formula is C17H12ClN5O2. The first-order valence-corrected chi connectivity index (χ1v) is 7.78. The standard InChI is InChI=1S/C17H12ClN5O2/c1-24-15-8-3-2-7-13(15)17-19-16(21-25-17)14-10-23(22-20-14)12-6-4-5-11(18)9-12/h2-10H,1H3. The number of aromatic nitrogens is 5. The van der Waals surface area contributed by atoms with E-state index in [0.29, 0.717) is 33.7 Å². The van der Waals surface area contributed by atoms with Crippen molar-refractivity contribution in [3.63, 3.8) is 0 Å². The van der Waals surface area contributed by atoms with Crippen LogP contribution < -0.4 is 4.74 Å². The zero-order valence-corrected chi connectivity index (χ0v) is 13.9. The number of hydrogen-bond donors (Lipinski definition) is 0. The molecule has 4 rings (SSSR count). The van der Waals surface area contributed by atoms with E-state index >= 15 is 0 Å². The Morgan fingerprint density at radius 1 is 1.12 bits per heavy atom. The number of benzene rings is 2. The second-order valence-corrected chi connectivity index (χ2v) is 5.59. The molecule has 0 saturated carbocycles. The van der Waals surface area contributed by atoms with Crippen molar-refractivity contribution in [2.24, 2.45) is 0 Å². The Morgan fingerprint density at radius 2 is 2.00 bits per heavy atom. The van der Waals surface area contributed by atoms with Gasteiger partial charge in [0.1, 0.15) is 5.75 Å². The van der Waals surface area contributed by atoms with Crippen LogP contribution in [-0.2, 0) is 0 Å². The summed E-state index contributed by atoms with van der Waals surface area (Å²) < 4.78 is 12.3.